The maximum absolute atomic E-state index is 5.97. The molecule has 1 heterocycles. The molecule has 0 aliphatic heterocycles. The van der Waals surface area contributed by atoms with Crippen LogP contribution in [0, 0.1) is 6.92 Å². The minimum absolute atomic E-state index is 0.470. The summed E-state index contributed by atoms with van der Waals surface area (Å²) in [7, 11) is 3.53. The van der Waals surface area contributed by atoms with Crippen molar-refractivity contribution >= 4 is 5.82 Å². The average Bonchev–Trinajstić information content (AvgIpc) is 2.65. The second-order valence-electron chi connectivity index (χ2n) is 5.10. The van der Waals surface area contributed by atoms with Gasteiger partial charge in [-0.1, -0.05) is 19.9 Å². The maximum Gasteiger partial charge on any atom is 0.128 e. The highest BCUT2D eigenvalue weighted by Crippen LogP contribution is 2.35. The highest BCUT2D eigenvalue weighted by molar-refractivity contribution is 5.73. The maximum atomic E-state index is 5.97. The van der Waals surface area contributed by atoms with Crippen molar-refractivity contribution in [3.05, 3.63) is 29.3 Å². The molecule has 0 radical (unpaired) electrons. The van der Waals surface area contributed by atoms with Crippen molar-refractivity contribution < 1.29 is 4.74 Å². The van der Waals surface area contributed by atoms with Crippen LogP contribution < -0.4 is 10.5 Å². The van der Waals surface area contributed by atoms with Crippen LogP contribution in [0.2, 0.25) is 0 Å². The van der Waals surface area contributed by atoms with Crippen LogP contribution in [0.15, 0.2) is 18.2 Å². The molecule has 1 aromatic carbocycles. The number of aryl methyl sites for hydroxylation is 1. The largest absolute Gasteiger partial charge is 0.496 e. The number of anilines is 1. The van der Waals surface area contributed by atoms with Gasteiger partial charge in [-0.05, 0) is 30.5 Å². The predicted molar refractivity (Wildman–Crippen MR) is 78.4 cm³/mol. The lowest BCUT2D eigenvalue weighted by Crippen LogP contribution is -1.97. The van der Waals surface area contributed by atoms with Crippen molar-refractivity contribution in [2.75, 3.05) is 12.8 Å². The van der Waals surface area contributed by atoms with Gasteiger partial charge in [0, 0.05) is 18.2 Å². The molecule has 0 saturated carbocycles. The molecular weight excluding hydrogens is 238 g/mol. The number of rotatable bonds is 3. The summed E-state index contributed by atoms with van der Waals surface area (Å²) < 4.78 is 7.20. The van der Waals surface area contributed by atoms with E-state index in [1.807, 2.05) is 14.0 Å². The molecule has 2 aromatic rings. The highest BCUT2D eigenvalue weighted by Gasteiger charge is 2.16. The Morgan fingerprint density at radius 1 is 1.32 bits per heavy atom. The molecule has 0 atom stereocenters. The Labute approximate surface area is 114 Å². The van der Waals surface area contributed by atoms with Gasteiger partial charge in [-0.25, -0.2) is 0 Å². The van der Waals surface area contributed by atoms with Gasteiger partial charge in [0.1, 0.15) is 17.3 Å². The quantitative estimate of drug-likeness (QED) is 0.921. The first kappa shape index (κ1) is 13.5. The Bertz CT molecular complexity index is 600. The van der Waals surface area contributed by atoms with Crippen LogP contribution in [-0.2, 0) is 7.05 Å². The van der Waals surface area contributed by atoms with E-state index in [-0.39, 0.29) is 0 Å². The van der Waals surface area contributed by atoms with Crippen LogP contribution in [-0.4, -0.2) is 16.9 Å². The first-order valence-corrected chi connectivity index (χ1v) is 6.43. The summed E-state index contributed by atoms with van der Waals surface area (Å²) in [6.07, 6.45) is 0. The van der Waals surface area contributed by atoms with Gasteiger partial charge in [0.25, 0.3) is 0 Å². The second-order valence-corrected chi connectivity index (χ2v) is 5.10. The third-order valence-corrected chi connectivity index (χ3v) is 3.49. The fourth-order valence-electron chi connectivity index (χ4n) is 2.16. The van der Waals surface area contributed by atoms with Gasteiger partial charge in [0.05, 0.1) is 7.11 Å². The van der Waals surface area contributed by atoms with Crippen molar-refractivity contribution in [2.45, 2.75) is 26.7 Å². The normalized spacial score (nSPS) is 11.1. The van der Waals surface area contributed by atoms with Crippen LogP contribution in [0.25, 0.3) is 11.3 Å². The van der Waals surface area contributed by atoms with Gasteiger partial charge in [-0.2, -0.15) is 5.10 Å². The Morgan fingerprint density at radius 2 is 2.00 bits per heavy atom. The standard InChI is InChI=1S/C15H21N3O/c1-9(2)11-6-7-12(13(8-11)19-5)14-10(3)15(16)18(4)17-14/h6-9H,16H2,1-5H3. The van der Waals surface area contributed by atoms with Crippen molar-refractivity contribution in [1.82, 2.24) is 9.78 Å². The number of ether oxygens (including phenoxy) is 1. The molecule has 0 unspecified atom stereocenters. The molecule has 2 N–H and O–H groups in total. The monoisotopic (exact) mass is 259 g/mol. The minimum Gasteiger partial charge on any atom is -0.496 e. The smallest absolute Gasteiger partial charge is 0.128 e. The molecule has 2 rings (SSSR count). The summed E-state index contributed by atoms with van der Waals surface area (Å²) in [5.74, 6) is 2.00. The van der Waals surface area contributed by atoms with E-state index in [4.69, 9.17) is 10.5 Å². The van der Waals surface area contributed by atoms with Crippen LogP contribution >= 0.6 is 0 Å². The summed E-state index contributed by atoms with van der Waals surface area (Å²) >= 11 is 0. The zero-order chi connectivity index (χ0) is 14.2. The molecule has 0 saturated heterocycles. The topological polar surface area (TPSA) is 53.1 Å². The Hall–Kier alpha value is -1.97. The van der Waals surface area contributed by atoms with E-state index >= 15 is 0 Å². The Morgan fingerprint density at radius 3 is 2.47 bits per heavy atom. The first-order chi connectivity index (χ1) is 8.95. The molecule has 0 fully saturated rings. The predicted octanol–water partition coefficient (Wildman–Crippen LogP) is 3.11. The molecular formula is C15H21N3O. The summed E-state index contributed by atoms with van der Waals surface area (Å²) in [5.41, 5.74) is 10.1. The van der Waals surface area contributed by atoms with Crippen LogP contribution in [0.5, 0.6) is 5.75 Å². The van der Waals surface area contributed by atoms with Crippen molar-refractivity contribution in [3.63, 3.8) is 0 Å². The Balaban J connectivity index is 2.58. The number of hydrogen-bond donors (Lipinski definition) is 1. The summed E-state index contributed by atoms with van der Waals surface area (Å²) in [6.45, 7) is 6.31. The molecule has 4 heteroatoms. The van der Waals surface area contributed by atoms with Crippen molar-refractivity contribution in [3.8, 4) is 17.0 Å². The van der Waals surface area contributed by atoms with Gasteiger partial charge < -0.3 is 10.5 Å². The fraction of sp³-hybridized carbons (Fsp3) is 0.400. The lowest BCUT2D eigenvalue weighted by atomic mass is 9.99. The molecule has 0 amide bonds. The molecule has 0 spiro atoms. The van der Waals surface area contributed by atoms with Gasteiger partial charge in [-0.15, -0.1) is 0 Å². The molecule has 0 bridgehead atoms. The molecule has 0 aliphatic carbocycles. The molecule has 0 aliphatic rings. The SMILES string of the molecule is COc1cc(C(C)C)ccc1-c1nn(C)c(N)c1C. The van der Waals surface area contributed by atoms with Crippen LogP contribution in [0.4, 0.5) is 5.82 Å². The number of nitrogens with two attached hydrogens (primary N) is 1. The van der Waals surface area contributed by atoms with Gasteiger partial charge in [0.15, 0.2) is 0 Å². The fourth-order valence-corrected chi connectivity index (χ4v) is 2.16. The molecule has 4 nitrogen and oxygen atoms in total. The number of methoxy groups -OCH3 is 1. The van der Waals surface area contributed by atoms with E-state index < -0.39 is 0 Å². The third kappa shape index (κ3) is 2.30. The van der Waals surface area contributed by atoms with Gasteiger partial charge in [0.2, 0.25) is 0 Å². The minimum atomic E-state index is 0.470. The van der Waals surface area contributed by atoms with Crippen molar-refractivity contribution in [1.29, 1.82) is 0 Å². The Kier molecular flexibility index (Phi) is 3.51. The van der Waals surface area contributed by atoms with Crippen molar-refractivity contribution in [2.24, 2.45) is 7.05 Å². The summed E-state index contributed by atoms with van der Waals surface area (Å²) in [4.78, 5) is 0. The number of nitrogen functional groups attached to an aromatic ring is 1. The number of hydrogen-bond acceptors (Lipinski definition) is 3. The molecule has 1 aromatic heterocycles. The molecule has 102 valence electrons. The van der Waals surface area contributed by atoms with Gasteiger partial charge in [-0.3, -0.25) is 4.68 Å². The molecule has 19 heavy (non-hydrogen) atoms. The van der Waals surface area contributed by atoms with E-state index in [0.717, 1.165) is 22.6 Å². The number of nitrogens with zero attached hydrogens (tertiary/aromatic N) is 2. The zero-order valence-electron chi connectivity index (χ0n) is 12.2. The number of aromatic nitrogens is 2. The van der Waals surface area contributed by atoms with Crippen LogP contribution in [0.3, 0.4) is 0 Å². The highest BCUT2D eigenvalue weighted by atomic mass is 16.5. The third-order valence-electron chi connectivity index (χ3n) is 3.49. The van der Waals surface area contributed by atoms with E-state index in [2.05, 4.69) is 37.1 Å². The lowest BCUT2D eigenvalue weighted by Gasteiger charge is -2.11. The van der Waals surface area contributed by atoms with E-state index in [9.17, 15) is 0 Å². The summed E-state index contributed by atoms with van der Waals surface area (Å²) in [6, 6.07) is 6.25. The average molecular weight is 259 g/mol. The zero-order valence-corrected chi connectivity index (χ0v) is 12.2. The van der Waals surface area contributed by atoms with E-state index in [1.165, 1.54) is 5.56 Å². The van der Waals surface area contributed by atoms with E-state index in [1.54, 1.807) is 11.8 Å². The lowest BCUT2D eigenvalue weighted by molar-refractivity contribution is 0.415. The second kappa shape index (κ2) is 4.96. The van der Waals surface area contributed by atoms with E-state index in [0.29, 0.717) is 11.7 Å². The first-order valence-electron chi connectivity index (χ1n) is 6.43. The summed E-state index contributed by atoms with van der Waals surface area (Å²) in [5, 5.41) is 4.47. The van der Waals surface area contributed by atoms with Crippen LogP contribution in [0.1, 0.15) is 30.9 Å². The van der Waals surface area contributed by atoms with Gasteiger partial charge >= 0.3 is 0 Å². The number of benzene rings is 1.